The van der Waals surface area contributed by atoms with Gasteiger partial charge in [0.15, 0.2) is 0 Å². The Kier molecular flexibility index (Phi) is 9.47. The molecule has 0 amide bonds. The van der Waals surface area contributed by atoms with Crippen molar-refractivity contribution in [2.45, 2.75) is 77.2 Å². The number of aliphatic hydroxyl groups excluding tert-OH is 1. The summed E-state index contributed by atoms with van der Waals surface area (Å²) in [5, 5.41) is 9.88. The summed E-state index contributed by atoms with van der Waals surface area (Å²) in [6, 6.07) is 4.49. The Morgan fingerprint density at radius 1 is 1.14 bits per heavy atom. The molecule has 22 heavy (non-hydrogen) atoms. The summed E-state index contributed by atoms with van der Waals surface area (Å²) in [4.78, 5) is 22.9. The lowest BCUT2D eigenvalue weighted by molar-refractivity contribution is -0.120. The van der Waals surface area contributed by atoms with Crippen LogP contribution in [0.1, 0.15) is 70.5 Å². The average molecular weight is 308 g/mol. The minimum atomic E-state index is -0.585. The van der Waals surface area contributed by atoms with Crippen LogP contribution in [0.15, 0.2) is 27.4 Å². The first kappa shape index (κ1) is 18.6. The molecule has 0 saturated carbocycles. The molecule has 0 aromatic carbocycles. The Labute approximate surface area is 132 Å². The quantitative estimate of drug-likeness (QED) is 0.599. The SMILES string of the molecule is CCCCCCCCCC(O)CC(=O)Cc1cccc(=O)o1. The molecule has 0 aliphatic carbocycles. The van der Waals surface area contributed by atoms with Crippen molar-refractivity contribution in [3.05, 3.63) is 34.4 Å². The number of carbonyl (C=O) groups is 1. The average Bonchev–Trinajstić information content (AvgIpc) is 2.46. The van der Waals surface area contributed by atoms with Crippen molar-refractivity contribution in [1.82, 2.24) is 0 Å². The Balaban J connectivity index is 2.12. The highest BCUT2D eigenvalue weighted by molar-refractivity contribution is 5.80. The molecule has 0 aliphatic heterocycles. The summed E-state index contributed by atoms with van der Waals surface area (Å²) < 4.78 is 4.92. The van der Waals surface area contributed by atoms with Gasteiger partial charge in [-0.05, 0) is 12.5 Å². The number of ketones is 1. The predicted molar refractivity (Wildman–Crippen MR) is 86.9 cm³/mol. The zero-order chi connectivity index (χ0) is 16.2. The first-order valence-electron chi connectivity index (χ1n) is 8.40. The standard InChI is InChI=1S/C18H28O4/c1-2-3-4-5-6-7-8-10-15(19)13-16(20)14-17-11-9-12-18(21)22-17/h9,11-12,15,19H,2-8,10,13-14H2,1H3. The van der Waals surface area contributed by atoms with Gasteiger partial charge >= 0.3 is 5.63 Å². The highest BCUT2D eigenvalue weighted by atomic mass is 16.4. The van der Waals surface area contributed by atoms with Gasteiger partial charge in [-0.3, -0.25) is 4.79 Å². The summed E-state index contributed by atoms with van der Waals surface area (Å²) in [5.74, 6) is 0.269. The summed E-state index contributed by atoms with van der Waals surface area (Å²) in [6.45, 7) is 2.20. The van der Waals surface area contributed by atoms with Crippen LogP contribution in [0.3, 0.4) is 0 Å². The number of Topliss-reactive ketones (excluding diaryl/α,β-unsaturated/α-hetero) is 1. The second kappa shape index (κ2) is 11.2. The molecule has 1 atom stereocenters. The van der Waals surface area contributed by atoms with E-state index in [0.29, 0.717) is 12.2 Å². The lowest BCUT2D eigenvalue weighted by Gasteiger charge is -2.09. The van der Waals surface area contributed by atoms with Crippen molar-refractivity contribution in [1.29, 1.82) is 0 Å². The van der Waals surface area contributed by atoms with E-state index in [-0.39, 0.29) is 18.6 Å². The fourth-order valence-corrected chi connectivity index (χ4v) is 2.49. The van der Waals surface area contributed by atoms with E-state index in [0.717, 1.165) is 12.8 Å². The first-order chi connectivity index (χ1) is 10.6. The maximum atomic E-state index is 11.8. The van der Waals surface area contributed by atoms with Crippen LogP contribution in [-0.4, -0.2) is 17.0 Å². The lowest BCUT2D eigenvalue weighted by Crippen LogP contribution is -2.15. The maximum absolute atomic E-state index is 11.8. The molecule has 0 spiro atoms. The zero-order valence-corrected chi connectivity index (χ0v) is 13.6. The van der Waals surface area contributed by atoms with Gasteiger partial charge in [0.2, 0.25) is 0 Å². The van der Waals surface area contributed by atoms with Crippen LogP contribution >= 0.6 is 0 Å². The number of aliphatic hydroxyl groups is 1. The first-order valence-corrected chi connectivity index (χ1v) is 8.40. The second-order valence-corrected chi connectivity index (χ2v) is 5.90. The fourth-order valence-electron chi connectivity index (χ4n) is 2.49. The molecule has 1 rings (SSSR count). The highest BCUT2D eigenvalue weighted by Gasteiger charge is 2.12. The second-order valence-electron chi connectivity index (χ2n) is 5.90. The molecule has 4 nitrogen and oxygen atoms in total. The van der Waals surface area contributed by atoms with E-state index >= 15 is 0 Å². The molecule has 1 aromatic heterocycles. The van der Waals surface area contributed by atoms with E-state index in [4.69, 9.17) is 4.42 Å². The molecule has 0 aliphatic rings. The van der Waals surface area contributed by atoms with Crippen molar-refractivity contribution >= 4 is 5.78 Å². The van der Waals surface area contributed by atoms with Crippen LogP contribution in [0.2, 0.25) is 0 Å². The molecule has 0 fully saturated rings. The van der Waals surface area contributed by atoms with Crippen LogP contribution in [0, 0.1) is 0 Å². The van der Waals surface area contributed by atoms with Crippen molar-refractivity contribution in [2.75, 3.05) is 0 Å². The Hall–Kier alpha value is -1.42. The minimum absolute atomic E-state index is 0.0736. The van der Waals surface area contributed by atoms with Crippen LogP contribution in [0.5, 0.6) is 0 Å². The van der Waals surface area contributed by atoms with Gasteiger partial charge in [0.05, 0.1) is 12.5 Å². The monoisotopic (exact) mass is 308 g/mol. The highest BCUT2D eigenvalue weighted by Crippen LogP contribution is 2.12. The minimum Gasteiger partial charge on any atom is -0.427 e. The van der Waals surface area contributed by atoms with Crippen molar-refractivity contribution < 1.29 is 14.3 Å². The van der Waals surface area contributed by atoms with Gasteiger partial charge in [-0.25, -0.2) is 4.79 Å². The fraction of sp³-hybridized carbons (Fsp3) is 0.667. The topological polar surface area (TPSA) is 67.5 Å². The van der Waals surface area contributed by atoms with Gasteiger partial charge in [-0.2, -0.15) is 0 Å². The van der Waals surface area contributed by atoms with Crippen LogP contribution in [-0.2, 0) is 11.2 Å². The van der Waals surface area contributed by atoms with Crippen molar-refractivity contribution in [3.8, 4) is 0 Å². The van der Waals surface area contributed by atoms with Crippen LogP contribution in [0.25, 0.3) is 0 Å². The van der Waals surface area contributed by atoms with E-state index in [9.17, 15) is 14.7 Å². The van der Waals surface area contributed by atoms with E-state index in [2.05, 4.69) is 6.92 Å². The summed E-state index contributed by atoms with van der Waals surface area (Å²) in [5.41, 5.74) is -0.450. The third kappa shape index (κ3) is 8.78. The molecule has 4 heteroatoms. The smallest absolute Gasteiger partial charge is 0.335 e. The predicted octanol–water partition coefficient (Wildman–Crippen LogP) is 3.64. The maximum Gasteiger partial charge on any atom is 0.335 e. The molecule has 124 valence electrons. The molecular weight excluding hydrogens is 280 g/mol. The number of hydrogen-bond donors (Lipinski definition) is 1. The van der Waals surface area contributed by atoms with Crippen LogP contribution < -0.4 is 5.63 Å². The van der Waals surface area contributed by atoms with E-state index in [1.165, 1.54) is 38.2 Å². The van der Waals surface area contributed by atoms with E-state index < -0.39 is 11.7 Å². The molecular formula is C18H28O4. The van der Waals surface area contributed by atoms with Gasteiger partial charge in [-0.15, -0.1) is 0 Å². The summed E-state index contributed by atoms with van der Waals surface area (Å²) >= 11 is 0. The molecule has 1 aromatic rings. The Bertz CT molecular complexity index is 478. The van der Waals surface area contributed by atoms with Gasteiger partial charge in [-0.1, -0.05) is 57.9 Å². The van der Waals surface area contributed by atoms with E-state index in [1.807, 2.05) is 0 Å². The molecule has 0 bridgehead atoms. The summed E-state index contributed by atoms with van der Waals surface area (Å²) in [6.07, 6.45) is 8.67. The lowest BCUT2D eigenvalue weighted by atomic mass is 10.0. The van der Waals surface area contributed by atoms with E-state index in [1.54, 1.807) is 12.1 Å². The normalized spacial score (nSPS) is 12.3. The van der Waals surface area contributed by atoms with Crippen molar-refractivity contribution in [2.24, 2.45) is 0 Å². The third-order valence-corrected chi connectivity index (χ3v) is 3.72. The number of unbranched alkanes of at least 4 members (excludes halogenated alkanes) is 6. The van der Waals surface area contributed by atoms with Gasteiger partial charge < -0.3 is 9.52 Å². The Morgan fingerprint density at radius 3 is 2.50 bits per heavy atom. The third-order valence-electron chi connectivity index (χ3n) is 3.72. The van der Waals surface area contributed by atoms with Gasteiger partial charge in [0, 0.05) is 12.5 Å². The molecule has 0 radical (unpaired) electrons. The number of carbonyl (C=O) groups excluding carboxylic acids is 1. The number of rotatable bonds is 12. The van der Waals surface area contributed by atoms with Crippen LogP contribution in [0.4, 0.5) is 0 Å². The van der Waals surface area contributed by atoms with Crippen molar-refractivity contribution in [3.63, 3.8) is 0 Å². The van der Waals surface area contributed by atoms with Gasteiger partial charge in [0.25, 0.3) is 0 Å². The molecule has 1 N–H and O–H groups in total. The largest absolute Gasteiger partial charge is 0.427 e. The molecule has 1 heterocycles. The number of hydrogen-bond acceptors (Lipinski definition) is 4. The van der Waals surface area contributed by atoms with Gasteiger partial charge in [0.1, 0.15) is 11.5 Å². The Morgan fingerprint density at radius 2 is 1.82 bits per heavy atom. The molecule has 0 saturated heterocycles. The summed E-state index contributed by atoms with van der Waals surface area (Å²) in [7, 11) is 0. The zero-order valence-electron chi connectivity index (χ0n) is 13.6. The molecule has 1 unspecified atom stereocenters.